The lowest BCUT2D eigenvalue weighted by molar-refractivity contribution is 0.962. The first kappa shape index (κ1) is 18.2. The van der Waals surface area contributed by atoms with Gasteiger partial charge in [-0.3, -0.25) is 4.99 Å². The zero-order valence-electron chi connectivity index (χ0n) is 14.8. The number of benzene rings is 2. The second kappa shape index (κ2) is 7.34. The average Bonchev–Trinajstić information content (AvgIpc) is 2.85. The Labute approximate surface area is 167 Å². The van der Waals surface area contributed by atoms with Crippen LogP contribution in [-0.4, -0.2) is 10.8 Å². The van der Waals surface area contributed by atoms with Crippen LogP contribution in [0.2, 0.25) is 5.02 Å². The van der Waals surface area contributed by atoms with Crippen LogP contribution in [0, 0.1) is 31.3 Å². The summed E-state index contributed by atoms with van der Waals surface area (Å²) in [6, 6.07) is 14.5. The Morgan fingerprint density at radius 1 is 0.960 bits per heavy atom. The largest absolute Gasteiger partial charge is 0.318 e. The van der Waals surface area contributed by atoms with Crippen LogP contribution in [0.15, 0.2) is 47.5 Å². The average molecular weight is 463 g/mol. The molecule has 2 nitrogen and oxygen atoms in total. The Balaban J connectivity index is 2.01. The zero-order valence-corrected chi connectivity index (χ0v) is 17.7. The molecule has 0 bridgehead atoms. The van der Waals surface area contributed by atoms with Crippen LogP contribution in [0.1, 0.15) is 28.1 Å². The normalized spacial score (nSPS) is 11.4. The first-order chi connectivity index (χ1) is 11.9. The van der Waals surface area contributed by atoms with Crippen LogP contribution in [0.3, 0.4) is 0 Å². The van der Waals surface area contributed by atoms with E-state index in [1.54, 1.807) is 0 Å². The number of hydrogen-bond donors (Lipinski definition) is 0. The van der Waals surface area contributed by atoms with E-state index < -0.39 is 0 Å². The molecule has 0 aliphatic heterocycles. The van der Waals surface area contributed by atoms with E-state index in [4.69, 9.17) is 11.6 Å². The van der Waals surface area contributed by atoms with Gasteiger partial charge in [0, 0.05) is 37.4 Å². The third-order valence-electron chi connectivity index (χ3n) is 4.38. The Hall–Kier alpha value is -1.59. The highest BCUT2D eigenvalue weighted by atomic mass is 127. The zero-order chi connectivity index (χ0) is 18.1. The minimum absolute atomic E-state index is 0.706. The number of nitrogens with zero attached hydrogens (tertiary/aromatic N) is 2. The summed E-state index contributed by atoms with van der Waals surface area (Å²) in [6.45, 7) is 8.44. The van der Waals surface area contributed by atoms with E-state index in [0.29, 0.717) is 5.02 Å². The highest BCUT2D eigenvalue weighted by Crippen LogP contribution is 2.25. The predicted molar refractivity (Wildman–Crippen MR) is 116 cm³/mol. The van der Waals surface area contributed by atoms with Gasteiger partial charge >= 0.3 is 0 Å². The summed E-state index contributed by atoms with van der Waals surface area (Å²) < 4.78 is 3.55. The molecule has 0 amide bonds. The van der Waals surface area contributed by atoms with Crippen molar-refractivity contribution in [2.75, 3.05) is 0 Å². The molecule has 25 heavy (non-hydrogen) atoms. The Bertz CT molecular complexity index is 970. The van der Waals surface area contributed by atoms with Crippen LogP contribution in [0.4, 0.5) is 5.69 Å². The third kappa shape index (κ3) is 3.82. The highest BCUT2D eigenvalue weighted by molar-refractivity contribution is 14.1. The van der Waals surface area contributed by atoms with Crippen molar-refractivity contribution in [1.82, 2.24) is 4.57 Å². The molecule has 0 N–H and O–H groups in total. The van der Waals surface area contributed by atoms with Crippen molar-refractivity contribution < 1.29 is 0 Å². The minimum atomic E-state index is 0.706. The molecule has 0 fully saturated rings. The Morgan fingerprint density at radius 2 is 1.72 bits per heavy atom. The van der Waals surface area contributed by atoms with Crippen molar-refractivity contribution in [3.8, 4) is 5.69 Å². The molecule has 3 rings (SSSR count). The van der Waals surface area contributed by atoms with Gasteiger partial charge in [-0.1, -0.05) is 17.7 Å². The molecular weight excluding hydrogens is 443 g/mol. The summed E-state index contributed by atoms with van der Waals surface area (Å²) in [6.07, 6.45) is 1.93. The minimum Gasteiger partial charge on any atom is -0.318 e. The summed E-state index contributed by atoms with van der Waals surface area (Å²) in [4.78, 5) is 4.65. The maximum Gasteiger partial charge on any atom is 0.0673 e. The molecule has 3 aromatic rings. The van der Waals surface area contributed by atoms with Crippen molar-refractivity contribution in [2.24, 2.45) is 4.99 Å². The second-order valence-corrected chi connectivity index (χ2v) is 7.88. The molecule has 0 radical (unpaired) electrons. The molecule has 0 saturated carbocycles. The topological polar surface area (TPSA) is 17.3 Å². The van der Waals surface area contributed by atoms with Gasteiger partial charge in [-0.2, -0.15) is 0 Å². The molecule has 1 heterocycles. The monoisotopic (exact) mass is 462 g/mol. The number of halogens is 2. The fourth-order valence-electron chi connectivity index (χ4n) is 2.94. The Morgan fingerprint density at radius 3 is 2.44 bits per heavy atom. The van der Waals surface area contributed by atoms with Gasteiger partial charge in [0.15, 0.2) is 0 Å². The maximum absolute atomic E-state index is 6.09. The summed E-state index contributed by atoms with van der Waals surface area (Å²) in [5.74, 6) is 0. The number of aromatic nitrogens is 1. The van der Waals surface area contributed by atoms with Gasteiger partial charge in [-0.15, -0.1) is 0 Å². The van der Waals surface area contributed by atoms with E-state index in [-0.39, 0.29) is 0 Å². The lowest BCUT2D eigenvalue weighted by atomic mass is 10.2. The van der Waals surface area contributed by atoms with Crippen LogP contribution in [0.5, 0.6) is 0 Å². The van der Waals surface area contributed by atoms with E-state index in [1.165, 1.54) is 26.2 Å². The van der Waals surface area contributed by atoms with Crippen LogP contribution in [-0.2, 0) is 0 Å². The van der Waals surface area contributed by atoms with E-state index in [2.05, 4.69) is 77.2 Å². The SMILES string of the molecule is Cc1cc(-n2c(C)cc(C=Nc3cc(Cl)ccc3C)c2C)ccc1I. The van der Waals surface area contributed by atoms with Gasteiger partial charge in [0.25, 0.3) is 0 Å². The van der Waals surface area contributed by atoms with Crippen LogP contribution >= 0.6 is 34.2 Å². The molecule has 0 unspecified atom stereocenters. The number of aliphatic imine (C=N–C) groups is 1. The summed E-state index contributed by atoms with van der Waals surface area (Å²) in [5, 5.41) is 0.706. The van der Waals surface area contributed by atoms with Crippen LogP contribution in [0.25, 0.3) is 5.69 Å². The second-order valence-electron chi connectivity index (χ2n) is 6.28. The molecule has 2 aromatic carbocycles. The van der Waals surface area contributed by atoms with Gasteiger partial charge in [-0.25, -0.2) is 0 Å². The smallest absolute Gasteiger partial charge is 0.0673 e. The number of rotatable bonds is 3. The summed E-state index contributed by atoms with van der Waals surface area (Å²) in [7, 11) is 0. The maximum atomic E-state index is 6.09. The van der Waals surface area contributed by atoms with Crippen LogP contribution < -0.4 is 0 Å². The summed E-state index contributed by atoms with van der Waals surface area (Å²) >= 11 is 8.46. The standard InChI is InChI=1S/C21H20ClIN2/c1-13-5-6-18(22)11-21(13)24-12-17-10-15(3)25(16(17)4)19-7-8-20(23)14(2)9-19/h5-12H,1-4H3. The number of hydrogen-bond acceptors (Lipinski definition) is 1. The molecular formula is C21H20ClIN2. The molecule has 0 aliphatic carbocycles. The van der Waals surface area contributed by atoms with Gasteiger partial charge in [0.2, 0.25) is 0 Å². The van der Waals surface area contributed by atoms with E-state index in [9.17, 15) is 0 Å². The van der Waals surface area contributed by atoms with Gasteiger partial charge < -0.3 is 4.57 Å². The lowest BCUT2D eigenvalue weighted by Gasteiger charge is -2.11. The van der Waals surface area contributed by atoms with E-state index in [0.717, 1.165) is 16.8 Å². The molecule has 0 saturated heterocycles. The number of aryl methyl sites for hydroxylation is 3. The van der Waals surface area contributed by atoms with E-state index >= 15 is 0 Å². The van der Waals surface area contributed by atoms with Crippen molar-refractivity contribution in [2.45, 2.75) is 27.7 Å². The Kier molecular flexibility index (Phi) is 5.35. The quantitative estimate of drug-likeness (QED) is 0.304. The molecule has 0 aliphatic rings. The van der Waals surface area contributed by atoms with Gasteiger partial charge in [0.05, 0.1) is 5.69 Å². The molecule has 1 aromatic heterocycles. The third-order valence-corrected chi connectivity index (χ3v) is 5.83. The van der Waals surface area contributed by atoms with Crippen molar-refractivity contribution >= 4 is 46.1 Å². The van der Waals surface area contributed by atoms with Crippen molar-refractivity contribution in [1.29, 1.82) is 0 Å². The van der Waals surface area contributed by atoms with Crippen molar-refractivity contribution in [3.05, 3.63) is 79.1 Å². The molecule has 4 heteroatoms. The van der Waals surface area contributed by atoms with Crippen molar-refractivity contribution in [3.63, 3.8) is 0 Å². The fraction of sp³-hybridized carbons (Fsp3) is 0.190. The van der Waals surface area contributed by atoms with E-state index in [1.807, 2.05) is 31.3 Å². The van der Waals surface area contributed by atoms with Gasteiger partial charge in [-0.05, 0) is 97.8 Å². The highest BCUT2D eigenvalue weighted by Gasteiger charge is 2.10. The fourth-order valence-corrected chi connectivity index (χ4v) is 3.45. The molecule has 0 atom stereocenters. The first-order valence-electron chi connectivity index (χ1n) is 8.12. The lowest BCUT2D eigenvalue weighted by Crippen LogP contribution is -2.00. The first-order valence-corrected chi connectivity index (χ1v) is 9.58. The molecule has 128 valence electrons. The predicted octanol–water partition coefficient (Wildman–Crippen LogP) is 6.72. The summed E-state index contributed by atoms with van der Waals surface area (Å²) in [5.41, 5.74) is 7.99. The molecule has 0 spiro atoms. The van der Waals surface area contributed by atoms with Gasteiger partial charge in [0.1, 0.15) is 0 Å².